The van der Waals surface area contributed by atoms with Crippen molar-refractivity contribution in [1.29, 1.82) is 0 Å². The van der Waals surface area contributed by atoms with E-state index >= 15 is 0 Å². The van der Waals surface area contributed by atoms with Crippen LogP contribution in [0.2, 0.25) is 0 Å². The van der Waals surface area contributed by atoms with Crippen LogP contribution >= 0.6 is 0 Å². The van der Waals surface area contributed by atoms with Crippen LogP contribution < -0.4 is 5.32 Å². The predicted octanol–water partition coefficient (Wildman–Crippen LogP) is 0.760. The minimum Gasteiger partial charge on any atom is -0.360 e. The van der Waals surface area contributed by atoms with Crippen molar-refractivity contribution in [2.45, 2.75) is 25.6 Å². The summed E-state index contributed by atoms with van der Waals surface area (Å²) in [7, 11) is 0. The molecule has 3 rings (SSSR count). The van der Waals surface area contributed by atoms with E-state index in [1.54, 1.807) is 6.07 Å². The van der Waals surface area contributed by atoms with Crippen LogP contribution in [-0.4, -0.2) is 54.6 Å². The van der Waals surface area contributed by atoms with Gasteiger partial charge in [-0.1, -0.05) is 5.16 Å². The van der Waals surface area contributed by atoms with Gasteiger partial charge in [-0.2, -0.15) is 0 Å². The molecule has 2 saturated heterocycles. The number of rotatable bonds is 3. The Morgan fingerprint density at radius 1 is 1.40 bits per heavy atom. The Morgan fingerprint density at radius 3 is 2.70 bits per heavy atom. The fraction of sp³-hybridized carbons (Fsp3) is 0.692. The van der Waals surface area contributed by atoms with Crippen LogP contribution in [0.1, 0.15) is 18.6 Å². The van der Waals surface area contributed by atoms with E-state index in [0.717, 1.165) is 18.6 Å². The molecule has 1 spiro atoms. The molecule has 1 amide bonds. The van der Waals surface area contributed by atoms with E-state index < -0.39 is 5.79 Å². The van der Waals surface area contributed by atoms with Crippen LogP contribution in [0.15, 0.2) is 10.6 Å². The Balaban J connectivity index is 1.46. The lowest BCUT2D eigenvalue weighted by Crippen LogP contribution is -2.48. The second-order valence-electron chi connectivity index (χ2n) is 5.16. The highest BCUT2D eigenvalue weighted by Crippen LogP contribution is 2.31. The molecule has 7 nitrogen and oxygen atoms in total. The van der Waals surface area contributed by atoms with E-state index in [1.165, 1.54) is 0 Å². The Labute approximate surface area is 117 Å². The van der Waals surface area contributed by atoms with Crippen molar-refractivity contribution in [3.8, 4) is 0 Å². The van der Waals surface area contributed by atoms with E-state index in [2.05, 4.69) is 10.5 Å². The highest BCUT2D eigenvalue weighted by molar-refractivity contribution is 5.80. The average Bonchev–Trinajstić information content (AvgIpc) is 3.07. The van der Waals surface area contributed by atoms with E-state index in [4.69, 9.17) is 14.0 Å². The van der Waals surface area contributed by atoms with Crippen LogP contribution in [0.4, 0.5) is 5.82 Å². The van der Waals surface area contributed by atoms with Gasteiger partial charge in [0.25, 0.3) is 0 Å². The summed E-state index contributed by atoms with van der Waals surface area (Å²) >= 11 is 0. The summed E-state index contributed by atoms with van der Waals surface area (Å²) < 4.78 is 16.2. The first-order valence-electron chi connectivity index (χ1n) is 6.90. The highest BCUT2D eigenvalue weighted by Gasteiger charge is 2.40. The predicted molar refractivity (Wildman–Crippen MR) is 70.2 cm³/mol. The van der Waals surface area contributed by atoms with Crippen LogP contribution in [0.5, 0.6) is 0 Å². The molecule has 7 heteroatoms. The van der Waals surface area contributed by atoms with Gasteiger partial charge in [0.05, 0.1) is 19.8 Å². The number of amides is 1. The van der Waals surface area contributed by atoms with Gasteiger partial charge < -0.3 is 24.2 Å². The number of hydrogen-bond donors (Lipinski definition) is 1. The van der Waals surface area contributed by atoms with Crippen molar-refractivity contribution in [3.05, 3.63) is 11.8 Å². The van der Waals surface area contributed by atoms with Crippen molar-refractivity contribution >= 4 is 11.7 Å². The number of aromatic nitrogens is 1. The summed E-state index contributed by atoms with van der Waals surface area (Å²) in [5, 5.41) is 6.76. The molecule has 2 fully saturated rings. The minimum atomic E-state index is -0.437. The van der Waals surface area contributed by atoms with Crippen molar-refractivity contribution in [2.24, 2.45) is 0 Å². The maximum absolute atomic E-state index is 12.1. The summed E-state index contributed by atoms with van der Waals surface area (Å²) in [6.07, 6.45) is 1.48. The van der Waals surface area contributed by atoms with Crippen molar-refractivity contribution in [1.82, 2.24) is 10.1 Å². The van der Waals surface area contributed by atoms with Crippen LogP contribution in [-0.2, 0) is 14.3 Å². The molecule has 3 heterocycles. The quantitative estimate of drug-likeness (QED) is 0.881. The lowest BCUT2D eigenvalue weighted by atomic mass is 10.0. The number of piperidine rings is 1. The van der Waals surface area contributed by atoms with E-state index in [-0.39, 0.29) is 12.5 Å². The molecule has 2 aliphatic rings. The third kappa shape index (κ3) is 2.78. The zero-order valence-corrected chi connectivity index (χ0v) is 11.6. The zero-order valence-electron chi connectivity index (χ0n) is 11.6. The maximum Gasteiger partial charge on any atom is 0.241 e. The lowest BCUT2D eigenvalue weighted by Gasteiger charge is -2.37. The molecule has 0 aliphatic carbocycles. The number of ether oxygens (including phenoxy) is 2. The van der Waals surface area contributed by atoms with Gasteiger partial charge in [0, 0.05) is 32.0 Å². The van der Waals surface area contributed by atoms with Crippen LogP contribution in [0.25, 0.3) is 0 Å². The third-order valence-corrected chi connectivity index (χ3v) is 3.74. The molecule has 0 radical (unpaired) electrons. The van der Waals surface area contributed by atoms with E-state index in [1.807, 2.05) is 11.8 Å². The van der Waals surface area contributed by atoms with Gasteiger partial charge in [-0.25, -0.2) is 0 Å². The molecule has 0 bridgehead atoms. The fourth-order valence-electron chi connectivity index (χ4n) is 2.61. The number of hydrogen-bond acceptors (Lipinski definition) is 6. The van der Waals surface area contributed by atoms with Crippen molar-refractivity contribution in [3.63, 3.8) is 0 Å². The Bertz CT molecular complexity index is 472. The van der Waals surface area contributed by atoms with Gasteiger partial charge in [-0.3, -0.25) is 4.79 Å². The first-order chi connectivity index (χ1) is 9.67. The number of nitrogens with one attached hydrogen (secondary N) is 1. The smallest absolute Gasteiger partial charge is 0.241 e. The van der Waals surface area contributed by atoms with E-state index in [9.17, 15) is 4.79 Å². The molecule has 1 aromatic rings. The Kier molecular flexibility index (Phi) is 3.62. The molecule has 20 heavy (non-hydrogen) atoms. The maximum atomic E-state index is 12.1. The second-order valence-corrected chi connectivity index (χ2v) is 5.16. The largest absolute Gasteiger partial charge is 0.360 e. The summed E-state index contributed by atoms with van der Waals surface area (Å²) in [5.74, 6) is 0.925. The summed E-state index contributed by atoms with van der Waals surface area (Å²) in [6, 6.07) is 1.76. The van der Waals surface area contributed by atoms with Crippen LogP contribution in [0.3, 0.4) is 0 Å². The molecule has 0 aromatic carbocycles. The third-order valence-electron chi connectivity index (χ3n) is 3.74. The average molecular weight is 281 g/mol. The molecule has 1 N–H and O–H groups in total. The minimum absolute atomic E-state index is 0.0542. The van der Waals surface area contributed by atoms with Crippen molar-refractivity contribution in [2.75, 3.05) is 38.2 Å². The standard InChI is InChI=1S/C13H19N3O4/c1-10-8-11(15-20-10)14-9-12(17)16-4-2-13(3-5-16)18-6-7-19-13/h8H,2-7,9H2,1H3,(H,14,15). The summed E-state index contributed by atoms with van der Waals surface area (Å²) in [4.78, 5) is 13.9. The molecule has 0 unspecified atom stereocenters. The molecule has 110 valence electrons. The molecule has 0 atom stereocenters. The van der Waals surface area contributed by atoms with Gasteiger partial charge >= 0.3 is 0 Å². The summed E-state index contributed by atoms with van der Waals surface area (Å²) in [5.41, 5.74) is 0. The number of carbonyl (C=O) groups excluding carboxylic acids is 1. The number of carbonyl (C=O) groups is 1. The Hall–Kier alpha value is -1.60. The molecule has 2 aliphatic heterocycles. The molecular formula is C13H19N3O4. The Morgan fingerprint density at radius 2 is 2.10 bits per heavy atom. The van der Waals surface area contributed by atoms with Crippen molar-refractivity contribution < 1.29 is 18.8 Å². The monoisotopic (exact) mass is 281 g/mol. The van der Waals surface area contributed by atoms with Crippen LogP contribution in [0, 0.1) is 6.92 Å². The van der Waals surface area contributed by atoms with Gasteiger partial charge in [0.1, 0.15) is 5.76 Å². The first kappa shape index (κ1) is 13.4. The second kappa shape index (κ2) is 5.41. The van der Waals surface area contributed by atoms with E-state index in [0.29, 0.717) is 32.1 Å². The number of anilines is 1. The SMILES string of the molecule is Cc1cc(NCC(=O)N2CCC3(CC2)OCCO3)no1. The van der Waals surface area contributed by atoms with Gasteiger partial charge in [0.15, 0.2) is 11.6 Å². The first-order valence-corrected chi connectivity index (χ1v) is 6.90. The van der Waals surface area contributed by atoms with Gasteiger partial charge in [-0.05, 0) is 6.92 Å². The topological polar surface area (TPSA) is 76.8 Å². The van der Waals surface area contributed by atoms with Gasteiger partial charge in [-0.15, -0.1) is 0 Å². The normalized spacial score (nSPS) is 21.4. The zero-order chi connectivity index (χ0) is 14.0. The van der Waals surface area contributed by atoms with Gasteiger partial charge in [0.2, 0.25) is 5.91 Å². The highest BCUT2D eigenvalue weighted by atomic mass is 16.7. The fourth-order valence-corrected chi connectivity index (χ4v) is 2.61. The molecule has 1 aromatic heterocycles. The summed E-state index contributed by atoms with van der Waals surface area (Å²) in [6.45, 7) is 4.67. The molecular weight excluding hydrogens is 262 g/mol. The molecule has 0 saturated carbocycles. The lowest BCUT2D eigenvalue weighted by molar-refractivity contribution is -0.187. The number of nitrogens with zero attached hydrogens (tertiary/aromatic N) is 2. The number of aryl methyl sites for hydroxylation is 1. The number of likely N-dealkylation sites (tertiary alicyclic amines) is 1.